The van der Waals surface area contributed by atoms with Crippen LogP contribution in [0.15, 0.2) is 79.0 Å². The van der Waals surface area contributed by atoms with Crippen molar-refractivity contribution in [3.8, 4) is 17.2 Å². The highest BCUT2D eigenvalue weighted by Crippen LogP contribution is 2.31. The Bertz CT molecular complexity index is 1120. The highest BCUT2D eigenvalue weighted by Gasteiger charge is 2.10. The summed E-state index contributed by atoms with van der Waals surface area (Å²) in [7, 11) is 3.34. The first-order valence-electron chi connectivity index (χ1n) is 9.52. The maximum Gasteiger partial charge on any atom is 0.161 e. The number of methoxy groups -OCH3 is 2. The van der Waals surface area contributed by atoms with Gasteiger partial charge in [-0.2, -0.15) is 0 Å². The van der Waals surface area contributed by atoms with Gasteiger partial charge in [-0.25, -0.2) is 0 Å². The van der Waals surface area contributed by atoms with Crippen LogP contribution in [0.2, 0.25) is 0 Å². The number of nitrogens with zero attached hydrogens (tertiary/aromatic N) is 1. The summed E-state index contributed by atoms with van der Waals surface area (Å²) in [5.41, 5.74) is 3.23. The van der Waals surface area contributed by atoms with Crippen LogP contribution in [0, 0.1) is 0 Å². The van der Waals surface area contributed by atoms with Crippen LogP contribution in [-0.2, 0) is 13.0 Å². The fourth-order valence-corrected chi connectivity index (χ4v) is 3.35. The smallest absolute Gasteiger partial charge is 0.161 e. The summed E-state index contributed by atoms with van der Waals surface area (Å²) in [6, 6.07) is 24.2. The van der Waals surface area contributed by atoms with Crippen LogP contribution in [0.1, 0.15) is 16.8 Å². The zero-order valence-corrected chi connectivity index (χ0v) is 17.8. The summed E-state index contributed by atoms with van der Waals surface area (Å²) < 4.78 is 16.9. The average Bonchev–Trinajstić information content (AvgIpc) is 2.78. The van der Waals surface area contributed by atoms with Crippen LogP contribution < -0.4 is 14.2 Å². The molecule has 1 aromatic heterocycles. The third-order valence-electron chi connectivity index (χ3n) is 4.89. The zero-order chi connectivity index (χ0) is 20.1. The molecule has 0 N–H and O–H groups in total. The van der Waals surface area contributed by atoms with E-state index < -0.39 is 0 Å². The lowest BCUT2D eigenvalue weighted by molar-refractivity contribution is 0.284. The fraction of sp³-hybridized carbons (Fsp3) is 0.160. The maximum absolute atomic E-state index is 5.96. The molecule has 0 aliphatic rings. The van der Waals surface area contributed by atoms with E-state index in [0.29, 0.717) is 13.0 Å². The van der Waals surface area contributed by atoms with E-state index in [4.69, 9.17) is 14.2 Å². The molecular weight excluding hydrogens is 398 g/mol. The molecule has 0 amide bonds. The largest absolute Gasteiger partial charge is 0.497 e. The Morgan fingerprint density at radius 1 is 0.767 bits per heavy atom. The van der Waals surface area contributed by atoms with Crippen molar-refractivity contribution < 1.29 is 14.2 Å². The van der Waals surface area contributed by atoms with Crippen LogP contribution in [0.25, 0.3) is 10.8 Å². The van der Waals surface area contributed by atoms with Crippen LogP contribution in [0.5, 0.6) is 17.2 Å². The van der Waals surface area contributed by atoms with Crippen molar-refractivity contribution in [3.63, 3.8) is 0 Å². The fourth-order valence-electron chi connectivity index (χ4n) is 3.35. The van der Waals surface area contributed by atoms with E-state index >= 15 is 0 Å². The molecule has 0 aliphatic heterocycles. The van der Waals surface area contributed by atoms with Gasteiger partial charge in [-0.05, 0) is 46.8 Å². The molecule has 0 aliphatic carbocycles. The third-order valence-corrected chi connectivity index (χ3v) is 4.89. The molecule has 30 heavy (non-hydrogen) atoms. The van der Waals surface area contributed by atoms with E-state index in [1.54, 1.807) is 14.2 Å². The molecule has 0 atom stereocenters. The number of halogens is 1. The van der Waals surface area contributed by atoms with Gasteiger partial charge in [0.05, 0.1) is 19.9 Å². The molecular formula is C25H24ClNO3. The number of benzene rings is 3. The molecule has 0 radical (unpaired) electrons. The monoisotopic (exact) mass is 421 g/mol. The molecule has 154 valence electrons. The summed E-state index contributed by atoms with van der Waals surface area (Å²) >= 11 is 0. The molecule has 0 fully saturated rings. The maximum atomic E-state index is 5.96. The number of aromatic nitrogens is 1. The standard InChI is InChI=1S/C25H23NO3.ClH/c1-27-21-10-9-20-12-13-26-23(22(20)16-21)14-19-8-11-24(25(15-19)28-2)29-17-18-6-4-3-5-7-18;/h3-13,15-16H,14,17H2,1-2H3;1H. The SMILES string of the molecule is COc1ccc2ccnc(Cc3ccc(OCc4ccccc4)c(OC)c3)c2c1.Cl. The van der Waals surface area contributed by atoms with Crippen LogP contribution in [0.4, 0.5) is 0 Å². The number of pyridine rings is 1. The topological polar surface area (TPSA) is 40.6 Å². The first-order chi connectivity index (χ1) is 14.3. The predicted molar refractivity (Wildman–Crippen MR) is 122 cm³/mol. The van der Waals surface area contributed by atoms with Crippen LogP contribution in [0.3, 0.4) is 0 Å². The Morgan fingerprint density at radius 2 is 1.60 bits per heavy atom. The van der Waals surface area contributed by atoms with Crippen LogP contribution in [-0.4, -0.2) is 19.2 Å². The molecule has 3 aromatic carbocycles. The van der Waals surface area contributed by atoms with E-state index in [-0.39, 0.29) is 12.4 Å². The van der Waals surface area contributed by atoms with Crippen LogP contribution >= 0.6 is 12.4 Å². The molecule has 4 rings (SSSR count). The Kier molecular flexibility index (Phi) is 7.15. The highest BCUT2D eigenvalue weighted by atomic mass is 35.5. The second kappa shape index (κ2) is 9.99. The van der Waals surface area contributed by atoms with Crippen molar-refractivity contribution in [3.05, 3.63) is 95.8 Å². The minimum atomic E-state index is 0. The van der Waals surface area contributed by atoms with Gasteiger partial charge >= 0.3 is 0 Å². The number of fused-ring (bicyclic) bond motifs is 1. The van der Waals surface area contributed by atoms with Gasteiger partial charge in [0.2, 0.25) is 0 Å². The summed E-state index contributed by atoms with van der Waals surface area (Å²) in [4.78, 5) is 4.60. The molecule has 0 saturated carbocycles. The van der Waals surface area contributed by atoms with E-state index in [9.17, 15) is 0 Å². The lowest BCUT2D eigenvalue weighted by Crippen LogP contribution is -1.99. The Balaban J connectivity index is 0.00000256. The number of hydrogen-bond acceptors (Lipinski definition) is 4. The van der Waals surface area contributed by atoms with Crippen molar-refractivity contribution >= 4 is 23.2 Å². The molecule has 4 nitrogen and oxygen atoms in total. The number of rotatable bonds is 7. The van der Waals surface area contributed by atoms with E-state index in [1.165, 1.54) is 0 Å². The zero-order valence-electron chi connectivity index (χ0n) is 17.0. The normalized spacial score (nSPS) is 10.3. The third kappa shape index (κ3) is 4.84. The molecule has 1 heterocycles. The number of hydrogen-bond donors (Lipinski definition) is 0. The minimum Gasteiger partial charge on any atom is -0.497 e. The van der Waals surface area contributed by atoms with Crippen molar-refractivity contribution in [2.75, 3.05) is 14.2 Å². The summed E-state index contributed by atoms with van der Waals surface area (Å²) in [5, 5.41) is 2.24. The molecule has 0 unspecified atom stereocenters. The Hall–Kier alpha value is -3.24. The van der Waals surface area contributed by atoms with E-state index in [1.807, 2.05) is 66.9 Å². The van der Waals surface area contributed by atoms with Gasteiger partial charge in [-0.1, -0.05) is 42.5 Å². The van der Waals surface area contributed by atoms with Crippen molar-refractivity contribution in [1.82, 2.24) is 4.98 Å². The predicted octanol–water partition coefficient (Wildman–Crippen LogP) is 5.84. The van der Waals surface area contributed by atoms with Gasteiger partial charge in [0.15, 0.2) is 11.5 Å². The minimum absolute atomic E-state index is 0. The first-order valence-corrected chi connectivity index (χ1v) is 9.52. The first kappa shape index (κ1) is 21.5. The van der Waals surface area contributed by atoms with Crippen molar-refractivity contribution in [2.45, 2.75) is 13.0 Å². The lowest BCUT2D eigenvalue weighted by atomic mass is 10.0. The van der Waals surface area contributed by atoms with Gasteiger partial charge in [-0.15, -0.1) is 12.4 Å². The lowest BCUT2D eigenvalue weighted by Gasteiger charge is -2.13. The summed E-state index contributed by atoms with van der Waals surface area (Å²) in [6.07, 6.45) is 2.54. The summed E-state index contributed by atoms with van der Waals surface area (Å²) in [5.74, 6) is 2.28. The van der Waals surface area contributed by atoms with E-state index in [0.717, 1.165) is 44.8 Å². The summed E-state index contributed by atoms with van der Waals surface area (Å²) in [6.45, 7) is 0.501. The van der Waals surface area contributed by atoms with Gasteiger partial charge in [0.25, 0.3) is 0 Å². The average molecular weight is 422 g/mol. The molecule has 0 spiro atoms. The molecule has 0 bridgehead atoms. The van der Waals surface area contributed by atoms with Gasteiger partial charge < -0.3 is 14.2 Å². The molecule has 4 aromatic rings. The molecule has 5 heteroatoms. The Morgan fingerprint density at radius 3 is 2.37 bits per heavy atom. The van der Waals surface area contributed by atoms with Crippen molar-refractivity contribution in [2.24, 2.45) is 0 Å². The molecule has 0 saturated heterocycles. The number of ether oxygens (including phenoxy) is 3. The van der Waals surface area contributed by atoms with Gasteiger partial charge in [0.1, 0.15) is 12.4 Å². The van der Waals surface area contributed by atoms with Gasteiger partial charge in [0, 0.05) is 18.0 Å². The van der Waals surface area contributed by atoms with Crippen molar-refractivity contribution in [1.29, 1.82) is 0 Å². The van der Waals surface area contributed by atoms with Gasteiger partial charge in [-0.3, -0.25) is 4.98 Å². The second-order valence-corrected chi connectivity index (χ2v) is 6.78. The second-order valence-electron chi connectivity index (χ2n) is 6.78. The van der Waals surface area contributed by atoms with E-state index in [2.05, 4.69) is 17.1 Å². The quantitative estimate of drug-likeness (QED) is 0.375. The highest BCUT2D eigenvalue weighted by molar-refractivity contribution is 5.86. The Labute approximate surface area is 182 Å².